The second-order valence-corrected chi connectivity index (χ2v) is 11.1. The monoisotopic (exact) mass is 660 g/mol. The molecule has 0 atom stereocenters. The zero-order chi connectivity index (χ0) is 35.0. The van der Waals surface area contributed by atoms with Gasteiger partial charge in [0.05, 0.1) is 110 Å². The van der Waals surface area contributed by atoms with Crippen LogP contribution in [0.25, 0.3) is 0 Å². The van der Waals surface area contributed by atoms with E-state index >= 15 is 0 Å². The zero-order valence-electron chi connectivity index (χ0n) is 31.9. The van der Waals surface area contributed by atoms with Crippen molar-refractivity contribution in [3.8, 4) is 0 Å². The highest BCUT2D eigenvalue weighted by atomic mass is 16.6. The van der Waals surface area contributed by atoms with E-state index in [1.165, 1.54) is 0 Å². The van der Waals surface area contributed by atoms with Gasteiger partial charge < -0.3 is 52.3 Å². The van der Waals surface area contributed by atoms with Gasteiger partial charge in [0.2, 0.25) is 0 Å². The largest absolute Gasteiger partial charge is 0.382 e. The molecule has 11 heteroatoms. The van der Waals surface area contributed by atoms with Gasteiger partial charge in [-0.2, -0.15) is 0 Å². The molecule has 0 aromatic heterocycles. The van der Waals surface area contributed by atoms with Crippen LogP contribution >= 0.6 is 0 Å². The highest BCUT2D eigenvalue weighted by Crippen LogP contribution is 1.90. The van der Waals surface area contributed by atoms with Crippen molar-refractivity contribution in [3.63, 3.8) is 0 Å². The summed E-state index contributed by atoms with van der Waals surface area (Å²) in [6.07, 6.45) is 2.30. The molecular formula is C34H77NO10. The normalized spacial score (nSPS) is 11.1. The Labute approximate surface area is 279 Å². The molecule has 0 spiro atoms. The molecule has 0 saturated carbocycles. The maximum Gasteiger partial charge on any atom is 0.0703 e. The minimum atomic E-state index is 0.292. The number of rotatable bonds is 28. The quantitative estimate of drug-likeness (QED) is 0.102. The minimum absolute atomic E-state index is 0.292. The van der Waals surface area contributed by atoms with Gasteiger partial charge in [0.1, 0.15) is 0 Å². The first-order valence-corrected chi connectivity index (χ1v) is 16.9. The molecule has 11 nitrogen and oxygen atoms in total. The van der Waals surface area contributed by atoms with E-state index in [-0.39, 0.29) is 0 Å². The third-order valence-electron chi connectivity index (χ3n) is 4.75. The molecule has 0 aromatic carbocycles. The molecule has 0 aliphatic rings. The molecule has 0 unspecified atom stereocenters. The van der Waals surface area contributed by atoms with Gasteiger partial charge in [-0.25, -0.2) is 0 Å². The number of likely N-dealkylation sites (N-methyl/N-ethyl adjacent to an activating group) is 1. The Hall–Kier alpha value is -0.440. The molecule has 0 aromatic rings. The maximum absolute atomic E-state index is 5.33. The molecule has 0 aliphatic heterocycles. The molecule has 0 bridgehead atoms. The van der Waals surface area contributed by atoms with E-state index in [2.05, 4.69) is 11.8 Å². The van der Waals surface area contributed by atoms with Gasteiger partial charge in [0.15, 0.2) is 0 Å². The fraction of sp³-hybridized carbons (Fsp3) is 1.00. The van der Waals surface area contributed by atoms with Crippen LogP contribution in [0.2, 0.25) is 0 Å². The van der Waals surface area contributed by atoms with E-state index in [1.54, 1.807) is 7.11 Å². The van der Waals surface area contributed by atoms with Gasteiger partial charge in [-0.3, -0.25) is 0 Å². The third-order valence-corrected chi connectivity index (χ3v) is 4.75. The topological polar surface area (TPSA) is 95.5 Å². The van der Waals surface area contributed by atoms with E-state index in [9.17, 15) is 0 Å². The number of methoxy groups -OCH3 is 1. The van der Waals surface area contributed by atoms with Crippen molar-refractivity contribution in [1.29, 1.82) is 0 Å². The van der Waals surface area contributed by atoms with Gasteiger partial charge in [-0.1, -0.05) is 6.92 Å². The summed E-state index contributed by atoms with van der Waals surface area (Å²) in [6, 6.07) is 0. The predicted octanol–water partition coefficient (Wildman–Crippen LogP) is 5.37. The molecule has 0 heterocycles. The molecule has 0 rings (SSSR count). The lowest BCUT2D eigenvalue weighted by molar-refractivity contribution is 0.000117. The summed E-state index contributed by atoms with van der Waals surface area (Å²) in [5.74, 6) is 0. The molecule has 0 radical (unpaired) electrons. The first kappa shape index (κ1) is 51.4. The van der Waals surface area contributed by atoms with Crippen LogP contribution in [0.3, 0.4) is 0 Å². The van der Waals surface area contributed by atoms with Crippen LogP contribution in [0.15, 0.2) is 0 Å². The summed E-state index contributed by atoms with van der Waals surface area (Å²) in [5.41, 5.74) is 0. The smallest absolute Gasteiger partial charge is 0.0703 e. The van der Waals surface area contributed by atoms with Crippen LogP contribution < -0.4 is 0 Å². The van der Waals surface area contributed by atoms with Gasteiger partial charge in [0, 0.05) is 26.9 Å². The summed E-state index contributed by atoms with van der Waals surface area (Å²) in [5, 5.41) is 0. The standard InChI is InChI=1S/C9H21NO2.C9H20O3.C8H18O3.C8H18O2/c1-9(2)12-8-7-11-6-5-10(3)4;1-4-10-5-6-11-7-8-12-9(2)3;1-8(2)11-7-6-10-5-4-9-3;1-4-5-9-6-7-10-8(2)3/h9H,5-8H2,1-4H3;9H,4-8H2,1-3H3;8H,4-7H2,1-3H3;8H,4-7H2,1-3H3. The van der Waals surface area contributed by atoms with E-state index < -0.39 is 0 Å². The van der Waals surface area contributed by atoms with E-state index in [4.69, 9.17) is 47.4 Å². The Morgan fingerprint density at radius 2 is 0.711 bits per heavy atom. The Balaban J connectivity index is -0.000000250. The predicted molar refractivity (Wildman–Crippen MR) is 185 cm³/mol. The van der Waals surface area contributed by atoms with Crippen LogP contribution in [-0.4, -0.2) is 156 Å². The Morgan fingerprint density at radius 1 is 0.400 bits per heavy atom. The molecule has 0 aliphatic carbocycles. The Bertz CT molecular complexity index is 472. The van der Waals surface area contributed by atoms with Crippen molar-refractivity contribution in [3.05, 3.63) is 0 Å². The van der Waals surface area contributed by atoms with E-state index in [1.807, 2.05) is 76.4 Å². The lowest BCUT2D eigenvalue weighted by atomic mass is 10.5. The summed E-state index contributed by atoms with van der Waals surface area (Å²) in [7, 11) is 5.73. The average Bonchev–Trinajstić information content (AvgIpc) is 2.96. The van der Waals surface area contributed by atoms with Crippen LogP contribution in [-0.2, 0) is 47.4 Å². The van der Waals surface area contributed by atoms with Crippen LogP contribution in [0, 0.1) is 0 Å². The molecule has 0 amide bonds. The first-order chi connectivity index (χ1) is 21.4. The lowest BCUT2D eigenvalue weighted by Gasteiger charge is -2.10. The fourth-order valence-electron chi connectivity index (χ4n) is 2.58. The van der Waals surface area contributed by atoms with Crippen molar-refractivity contribution in [2.75, 3.05) is 127 Å². The summed E-state index contributed by atoms with van der Waals surface area (Å²) in [6.45, 7) is 31.7. The van der Waals surface area contributed by atoms with Gasteiger partial charge in [-0.15, -0.1) is 0 Å². The Kier molecular flexibility index (Phi) is 52.2. The molecule has 0 saturated heterocycles. The summed E-state index contributed by atoms with van der Waals surface area (Å²) in [4.78, 5) is 2.10. The van der Waals surface area contributed by atoms with Crippen molar-refractivity contribution >= 4 is 0 Å². The van der Waals surface area contributed by atoms with Crippen LogP contribution in [0.1, 0.15) is 75.7 Å². The third kappa shape index (κ3) is 71.0. The molecule has 45 heavy (non-hydrogen) atoms. The van der Waals surface area contributed by atoms with E-state index in [0.29, 0.717) is 90.5 Å². The number of nitrogens with zero attached hydrogens (tertiary/aromatic N) is 1. The summed E-state index contributed by atoms with van der Waals surface area (Å²) >= 11 is 0. The molecular weight excluding hydrogens is 582 g/mol. The van der Waals surface area contributed by atoms with Crippen LogP contribution in [0.5, 0.6) is 0 Å². The van der Waals surface area contributed by atoms with Crippen LogP contribution in [0.4, 0.5) is 0 Å². The van der Waals surface area contributed by atoms with Crippen molar-refractivity contribution in [2.24, 2.45) is 0 Å². The molecule has 0 N–H and O–H groups in total. The zero-order valence-corrected chi connectivity index (χ0v) is 31.9. The van der Waals surface area contributed by atoms with Crippen molar-refractivity contribution < 1.29 is 47.4 Å². The molecule has 278 valence electrons. The van der Waals surface area contributed by atoms with E-state index in [0.717, 1.165) is 46.0 Å². The number of hydrogen-bond donors (Lipinski definition) is 0. The second kappa shape index (κ2) is 45.7. The SMILES string of the molecule is CC(C)OCCOCCN(C)C.CCCOCCOC(C)C.CCOCCOCCOC(C)C.COCCOCCOC(C)C. The first-order valence-electron chi connectivity index (χ1n) is 16.9. The molecule has 0 fully saturated rings. The van der Waals surface area contributed by atoms with Gasteiger partial charge in [-0.05, 0) is 82.8 Å². The fourth-order valence-corrected chi connectivity index (χ4v) is 2.58. The van der Waals surface area contributed by atoms with Crippen molar-refractivity contribution in [2.45, 2.75) is 100 Å². The number of ether oxygens (including phenoxy) is 10. The van der Waals surface area contributed by atoms with Crippen molar-refractivity contribution in [1.82, 2.24) is 4.90 Å². The highest BCUT2D eigenvalue weighted by molar-refractivity contribution is 4.41. The van der Waals surface area contributed by atoms with Gasteiger partial charge in [0.25, 0.3) is 0 Å². The summed E-state index contributed by atoms with van der Waals surface area (Å²) < 4.78 is 52.0. The highest BCUT2D eigenvalue weighted by Gasteiger charge is 1.95. The maximum atomic E-state index is 5.33. The minimum Gasteiger partial charge on any atom is -0.382 e. The number of hydrogen-bond acceptors (Lipinski definition) is 11. The second-order valence-electron chi connectivity index (χ2n) is 11.1. The lowest BCUT2D eigenvalue weighted by Crippen LogP contribution is -2.19. The van der Waals surface area contributed by atoms with Gasteiger partial charge >= 0.3 is 0 Å². The Morgan fingerprint density at radius 3 is 1.02 bits per heavy atom. The average molecular weight is 660 g/mol.